The molecular weight excluding hydrogens is 561 g/mol. The van der Waals surface area contributed by atoms with Gasteiger partial charge in [-0.05, 0) is 0 Å². The van der Waals surface area contributed by atoms with E-state index in [1.165, 1.54) is 0 Å². The second-order valence-electron chi connectivity index (χ2n) is 0. The van der Waals surface area contributed by atoms with Crippen molar-refractivity contribution in [2.45, 2.75) is 0 Å². The third kappa shape index (κ3) is 9.43. The molecule has 0 aromatic carbocycles. The summed E-state index contributed by atoms with van der Waals surface area (Å²) in [6.07, 6.45) is 0. The summed E-state index contributed by atoms with van der Waals surface area (Å²) in [5.41, 5.74) is 0. The number of halogens is 2. The molecule has 0 aliphatic heterocycles. The molecule has 0 unspecified atom stereocenters. The fraction of sp³-hybridized carbons (Fsp3) is 0. The predicted molar refractivity (Wildman–Crippen MR) is 0 cm³/mol. The van der Waals surface area contributed by atoms with Gasteiger partial charge in [-0.3, -0.25) is 0 Å². The van der Waals surface area contributed by atoms with Crippen LogP contribution in [0.4, 0.5) is 0 Å². The number of hydrogen-bond acceptors (Lipinski definition) is 0. The Balaban J connectivity index is 0. The van der Waals surface area contributed by atoms with Crippen LogP contribution in [0.2, 0.25) is 0 Å². The van der Waals surface area contributed by atoms with Crippen LogP contribution < -0.4 is 48.0 Å². The van der Waals surface area contributed by atoms with Gasteiger partial charge in [0.25, 0.3) is 0 Å². The topological polar surface area (TPSA) is 0 Å². The molecule has 0 rings (SSSR count). The van der Waals surface area contributed by atoms with E-state index in [0.717, 1.165) is 0 Å². The van der Waals surface area contributed by atoms with E-state index in [4.69, 9.17) is 0 Å². The molecule has 0 nitrogen and oxygen atoms in total. The minimum absolute atomic E-state index is 0. The molecule has 0 N–H and O–H groups in total. The normalized spacial score (nSPS) is 0. The van der Waals surface area contributed by atoms with E-state index >= 15 is 0 Å². The van der Waals surface area contributed by atoms with Crippen molar-refractivity contribution in [2.75, 3.05) is 0 Å². The van der Waals surface area contributed by atoms with Crippen molar-refractivity contribution >= 4 is 0 Å². The van der Waals surface area contributed by atoms with Gasteiger partial charge >= 0.3 is 79.0 Å². The Morgan fingerprint density at radius 2 is 0.750 bits per heavy atom. The molecule has 4 heavy (non-hydrogen) atoms. The maximum Gasteiger partial charge on any atom is 3.00 e. The third-order valence-electron chi connectivity index (χ3n) is 0. The summed E-state index contributed by atoms with van der Waals surface area (Å²) < 4.78 is 0. The first kappa shape index (κ1) is 24.3. The second-order valence-corrected chi connectivity index (χ2v) is 0. The van der Waals surface area contributed by atoms with Crippen LogP contribution in [0.3, 0.4) is 0 Å². The Kier molecular flexibility index (Phi) is 95.6. The van der Waals surface area contributed by atoms with Crippen LogP contribution in [0.5, 0.6) is 0 Å². The molecular formula is DyI2Nd+4. The monoisotopic (exact) mass is 560 g/mol. The van der Waals surface area contributed by atoms with Crippen LogP contribution in [0.15, 0.2) is 0 Å². The van der Waals surface area contributed by atoms with Gasteiger partial charge in [-0.15, -0.1) is 0 Å². The summed E-state index contributed by atoms with van der Waals surface area (Å²) in [6.45, 7) is 0. The molecule has 0 fully saturated rings. The smallest absolute Gasteiger partial charge is 1.00 e. The molecule has 0 heterocycles. The molecule has 0 spiro atoms. The Bertz CT molecular complexity index is 6.00. The van der Waals surface area contributed by atoms with Crippen molar-refractivity contribution in [3.63, 3.8) is 0 Å². The Morgan fingerprint density at radius 3 is 0.750 bits per heavy atom. The summed E-state index contributed by atoms with van der Waals surface area (Å²) in [7, 11) is 0. The van der Waals surface area contributed by atoms with Crippen molar-refractivity contribution in [2.24, 2.45) is 0 Å². The maximum atomic E-state index is 0. The van der Waals surface area contributed by atoms with Crippen LogP contribution >= 0.6 is 0 Å². The molecule has 0 aliphatic carbocycles. The van der Waals surface area contributed by atoms with E-state index in [2.05, 4.69) is 0 Å². The van der Waals surface area contributed by atoms with Gasteiger partial charge in [-0.1, -0.05) is 0 Å². The van der Waals surface area contributed by atoms with E-state index in [1.54, 1.807) is 0 Å². The third-order valence-corrected chi connectivity index (χ3v) is 0. The van der Waals surface area contributed by atoms with Gasteiger partial charge in [0.1, 0.15) is 0 Å². The molecule has 0 amide bonds. The van der Waals surface area contributed by atoms with E-state index in [0.29, 0.717) is 0 Å². The average Bonchev–Trinajstić information content (AvgIpc) is 0. The fourth-order valence-corrected chi connectivity index (χ4v) is 0. The van der Waals surface area contributed by atoms with Crippen molar-refractivity contribution < 1.29 is 127 Å². The van der Waals surface area contributed by atoms with Gasteiger partial charge in [-0.2, -0.15) is 0 Å². The second kappa shape index (κ2) is 15.7. The van der Waals surface area contributed by atoms with Crippen LogP contribution in [0.1, 0.15) is 0 Å². The maximum absolute atomic E-state index is 0. The van der Waals surface area contributed by atoms with Crippen molar-refractivity contribution in [1.29, 1.82) is 0 Å². The zero-order chi connectivity index (χ0) is 0. The molecule has 24 valence electrons. The molecule has 0 bridgehead atoms. The SMILES string of the molecule is [Dy+3].[I-].[I-].[Nd+3]. The Morgan fingerprint density at radius 1 is 0.750 bits per heavy atom. The molecule has 4 heteroatoms. The average molecular weight is 561 g/mol. The zero-order valence-electron chi connectivity index (χ0n) is 1.57. The molecule has 0 aromatic heterocycles. The van der Waals surface area contributed by atoms with E-state index < -0.39 is 0 Å². The van der Waals surface area contributed by atoms with Crippen molar-refractivity contribution in [3.05, 3.63) is 0 Å². The quantitative estimate of drug-likeness (QED) is 0.259. The first-order chi connectivity index (χ1) is 0. The summed E-state index contributed by atoms with van der Waals surface area (Å²) in [5, 5.41) is 0. The Labute approximate surface area is 123 Å². The fourth-order valence-electron chi connectivity index (χ4n) is 0. The molecule has 0 saturated heterocycles. The van der Waals surface area contributed by atoms with Crippen LogP contribution in [-0.2, 0) is 0 Å². The van der Waals surface area contributed by atoms with Crippen molar-refractivity contribution in [1.82, 2.24) is 0 Å². The van der Waals surface area contributed by atoms with Crippen molar-refractivity contribution in [3.8, 4) is 0 Å². The molecule has 0 saturated carbocycles. The standard InChI is InChI=1S/Dy.2HI.Nd/h;2*1H;/q+3;;;+3/p-2. The minimum atomic E-state index is 0. The summed E-state index contributed by atoms with van der Waals surface area (Å²) in [6, 6.07) is 0. The summed E-state index contributed by atoms with van der Waals surface area (Å²) in [5.74, 6) is 0. The Hall–Kier alpha value is 4.08. The summed E-state index contributed by atoms with van der Waals surface area (Å²) >= 11 is 0. The molecule has 0 aromatic rings. The van der Waals surface area contributed by atoms with E-state index in [-0.39, 0.29) is 127 Å². The largest absolute Gasteiger partial charge is 3.00 e. The predicted octanol–water partition coefficient (Wildman–Crippen LogP) is -5.99. The van der Waals surface area contributed by atoms with Crippen LogP contribution in [0, 0.1) is 79.0 Å². The molecule has 0 aliphatic rings. The zero-order valence-corrected chi connectivity index (χ0v) is 11.1. The van der Waals surface area contributed by atoms with Gasteiger partial charge in [0, 0.05) is 0 Å². The van der Waals surface area contributed by atoms with Gasteiger partial charge in [0.15, 0.2) is 0 Å². The van der Waals surface area contributed by atoms with Gasteiger partial charge < -0.3 is 48.0 Å². The number of hydrogen-bond donors (Lipinski definition) is 0. The van der Waals surface area contributed by atoms with E-state index in [1.807, 2.05) is 0 Å². The van der Waals surface area contributed by atoms with E-state index in [9.17, 15) is 0 Å². The first-order valence-corrected chi connectivity index (χ1v) is 0. The van der Waals surface area contributed by atoms with Gasteiger partial charge in [0.2, 0.25) is 0 Å². The first-order valence-electron chi connectivity index (χ1n) is 0. The number of rotatable bonds is 0. The minimum Gasteiger partial charge on any atom is -1.00 e. The van der Waals surface area contributed by atoms with Crippen LogP contribution in [-0.4, -0.2) is 0 Å². The van der Waals surface area contributed by atoms with Gasteiger partial charge in [-0.25, -0.2) is 0 Å². The molecule has 2 radical (unpaired) electrons. The summed E-state index contributed by atoms with van der Waals surface area (Å²) in [4.78, 5) is 0. The van der Waals surface area contributed by atoms with Gasteiger partial charge in [0.05, 0.1) is 0 Å². The van der Waals surface area contributed by atoms with Crippen LogP contribution in [0.25, 0.3) is 0 Å². The molecule has 0 atom stereocenters.